The molecule has 0 aliphatic heterocycles. The van der Waals surface area contributed by atoms with Crippen LogP contribution in [0.15, 0.2) is 47.1 Å². The van der Waals surface area contributed by atoms with Crippen molar-refractivity contribution in [3.05, 3.63) is 52.6 Å². The molecule has 1 aromatic carbocycles. The molecule has 1 heterocycles. The van der Waals surface area contributed by atoms with Crippen molar-refractivity contribution in [3.63, 3.8) is 0 Å². The first kappa shape index (κ1) is 12.6. The van der Waals surface area contributed by atoms with Gasteiger partial charge in [-0.25, -0.2) is 9.78 Å². The number of pyridine rings is 1. The quantitative estimate of drug-likeness (QED) is 0.815. The Kier molecular flexibility index (Phi) is 3.94. The zero-order chi connectivity index (χ0) is 13.0. The van der Waals surface area contributed by atoms with Gasteiger partial charge in [0, 0.05) is 10.7 Å². The van der Waals surface area contributed by atoms with Crippen LogP contribution in [0, 0.1) is 0 Å². The Labute approximate surface area is 113 Å². The molecule has 0 N–H and O–H groups in total. The van der Waals surface area contributed by atoms with Crippen molar-refractivity contribution in [3.8, 4) is 11.6 Å². The highest BCUT2D eigenvalue weighted by molar-refractivity contribution is 9.10. The van der Waals surface area contributed by atoms with Crippen LogP contribution in [0.25, 0.3) is 0 Å². The molecule has 0 saturated carbocycles. The zero-order valence-electron chi connectivity index (χ0n) is 9.59. The van der Waals surface area contributed by atoms with E-state index in [2.05, 4.69) is 25.7 Å². The predicted molar refractivity (Wildman–Crippen MR) is 69.8 cm³/mol. The van der Waals surface area contributed by atoms with Crippen LogP contribution >= 0.6 is 15.9 Å². The Morgan fingerprint density at radius 3 is 2.83 bits per heavy atom. The van der Waals surface area contributed by atoms with Gasteiger partial charge in [-0.1, -0.05) is 22.0 Å². The van der Waals surface area contributed by atoms with E-state index in [1.807, 2.05) is 12.1 Å². The fraction of sp³-hybridized carbons (Fsp3) is 0.0769. The summed E-state index contributed by atoms with van der Waals surface area (Å²) in [5, 5.41) is 0. The van der Waals surface area contributed by atoms with Crippen molar-refractivity contribution >= 4 is 21.9 Å². The van der Waals surface area contributed by atoms with E-state index in [0.717, 1.165) is 4.47 Å². The highest BCUT2D eigenvalue weighted by Gasteiger charge is 2.14. The molecule has 0 atom stereocenters. The van der Waals surface area contributed by atoms with E-state index < -0.39 is 5.97 Å². The molecule has 0 spiro atoms. The number of hydrogen-bond donors (Lipinski definition) is 0. The van der Waals surface area contributed by atoms with Crippen LogP contribution in [0.1, 0.15) is 10.4 Å². The molecule has 0 unspecified atom stereocenters. The van der Waals surface area contributed by atoms with Crippen LogP contribution in [0.3, 0.4) is 0 Å². The molecule has 0 radical (unpaired) electrons. The number of carbonyl (C=O) groups is 1. The standard InChI is InChI=1S/C13H10BrNO3/c1-17-13(16)11-6-3-7-15-12(11)18-10-5-2-4-9(14)8-10/h2-8H,1H3. The molecule has 0 aliphatic rings. The molecule has 1 aromatic heterocycles. The van der Waals surface area contributed by atoms with Gasteiger partial charge in [-0.05, 0) is 30.3 Å². The topological polar surface area (TPSA) is 48.4 Å². The van der Waals surface area contributed by atoms with Crippen LogP contribution in [0.4, 0.5) is 0 Å². The number of nitrogens with zero attached hydrogens (tertiary/aromatic N) is 1. The van der Waals surface area contributed by atoms with E-state index in [-0.39, 0.29) is 5.88 Å². The number of aromatic nitrogens is 1. The van der Waals surface area contributed by atoms with Crippen LogP contribution in [0.2, 0.25) is 0 Å². The predicted octanol–water partition coefficient (Wildman–Crippen LogP) is 3.42. The minimum Gasteiger partial charge on any atom is -0.465 e. The summed E-state index contributed by atoms with van der Waals surface area (Å²) in [6, 6.07) is 10.5. The molecule has 0 aliphatic carbocycles. The summed E-state index contributed by atoms with van der Waals surface area (Å²) in [6.07, 6.45) is 1.56. The number of benzene rings is 1. The maximum absolute atomic E-state index is 11.5. The first-order valence-electron chi connectivity index (χ1n) is 5.17. The molecule has 0 bridgehead atoms. The first-order valence-corrected chi connectivity index (χ1v) is 5.97. The van der Waals surface area contributed by atoms with Crippen molar-refractivity contribution in [2.75, 3.05) is 7.11 Å². The van der Waals surface area contributed by atoms with Gasteiger partial charge in [0.2, 0.25) is 5.88 Å². The summed E-state index contributed by atoms with van der Waals surface area (Å²) >= 11 is 3.34. The van der Waals surface area contributed by atoms with Gasteiger partial charge in [0.25, 0.3) is 0 Å². The van der Waals surface area contributed by atoms with Crippen molar-refractivity contribution < 1.29 is 14.3 Å². The number of rotatable bonds is 3. The minimum absolute atomic E-state index is 0.224. The van der Waals surface area contributed by atoms with Gasteiger partial charge >= 0.3 is 5.97 Å². The molecule has 2 aromatic rings. The third kappa shape index (κ3) is 2.87. The maximum atomic E-state index is 11.5. The summed E-state index contributed by atoms with van der Waals surface area (Å²) in [5.74, 6) is 0.337. The summed E-state index contributed by atoms with van der Waals surface area (Å²) in [7, 11) is 1.32. The van der Waals surface area contributed by atoms with Gasteiger partial charge in [-0.15, -0.1) is 0 Å². The summed E-state index contributed by atoms with van der Waals surface area (Å²) in [5.41, 5.74) is 0.292. The fourth-order valence-corrected chi connectivity index (χ4v) is 1.76. The van der Waals surface area contributed by atoms with E-state index in [1.165, 1.54) is 7.11 Å². The first-order chi connectivity index (χ1) is 8.70. The smallest absolute Gasteiger partial charge is 0.343 e. The number of ether oxygens (including phenoxy) is 2. The Morgan fingerprint density at radius 1 is 1.28 bits per heavy atom. The minimum atomic E-state index is -0.479. The van der Waals surface area contributed by atoms with Gasteiger partial charge in [-0.3, -0.25) is 0 Å². The van der Waals surface area contributed by atoms with Gasteiger partial charge in [-0.2, -0.15) is 0 Å². The molecule has 0 saturated heterocycles. The molecule has 18 heavy (non-hydrogen) atoms. The van der Waals surface area contributed by atoms with Crippen LogP contribution in [-0.4, -0.2) is 18.1 Å². The van der Waals surface area contributed by atoms with Crippen LogP contribution < -0.4 is 4.74 Å². The van der Waals surface area contributed by atoms with Crippen molar-refractivity contribution in [1.82, 2.24) is 4.98 Å². The number of methoxy groups -OCH3 is 1. The molecule has 4 nitrogen and oxygen atoms in total. The lowest BCUT2D eigenvalue weighted by Gasteiger charge is -2.08. The Balaban J connectivity index is 2.32. The van der Waals surface area contributed by atoms with Gasteiger partial charge in [0.1, 0.15) is 11.3 Å². The second-order valence-electron chi connectivity index (χ2n) is 3.41. The number of esters is 1. The lowest BCUT2D eigenvalue weighted by Crippen LogP contribution is -2.04. The van der Waals surface area contributed by atoms with Crippen LogP contribution in [0.5, 0.6) is 11.6 Å². The number of carbonyl (C=O) groups excluding carboxylic acids is 1. The van der Waals surface area contributed by atoms with E-state index >= 15 is 0 Å². The molecule has 5 heteroatoms. The van der Waals surface area contributed by atoms with E-state index in [4.69, 9.17) is 4.74 Å². The molecular weight excluding hydrogens is 298 g/mol. The summed E-state index contributed by atoms with van der Waals surface area (Å²) in [6.45, 7) is 0. The Morgan fingerprint density at radius 2 is 2.11 bits per heavy atom. The molecule has 92 valence electrons. The highest BCUT2D eigenvalue weighted by Crippen LogP contribution is 2.25. The monoisotopic (exact) mass is 307 g/mol. The lowest BCUT2D eigenvalue weighted by molar-refractivity contribution is 0.0597. The van der Waals surface area contributed by atoms with Crippen molar-refractivity contribution in [2.45, 2.75) is 0 Å². The average Bonchev–Trinajstić information content (AvgIpc) is 2.38. The van der Waals surface area contributed by atoms with Crippen molar-refractivity contribution in [1.29, 1.82) is 0 Å². The second-order valence-corrected chi connectivity index (χ2v) is 4.32. The molecular formula is C13H10BrNO3. The third-order valence-electron chi connectivity index (χ3n) is 2.19. The van der Waals surface area contributed by atoms with Gasteiger partial charge in [0.05, 0.1) is 7.11 Å². The van der Waals surface area contributed by atoms with E-state index in [9.17, 15) is 4.79 Å². The maximum Gasteiger partial charge on any atom is 0.343 e. The summed E-state index contributed by atoms with van der Waals surface area (Å²) in [4.78, 5) is 15.6. The lowest BCUT2D eigenvalue weighted by atomic mass is 10.3. The third-order valence-corrected chi connectivity index (χ3v) is 2.68. The molecule has 0 amide bonds. The number of halogens is 1. The summed E-state index contributed by atoms with van der Waals surface area (Å²) < 4.78 is 11.1. The molecule has 0 fully saturated rings. The molecule has 2 rings (SSSR count). The van der Waals surface area contributed by atoms with Crippen LogP contribution in [-0.2, 0) is 4.74 Å². The van der Waals surface area contributed by atoms with E-state index in [1.54, 1.807) is 30.5 Å². The fourth-order valence-electron chi connectivity index (χ4n) is 1.38. The van der Waals surface area contributed by atoms with Gasteiger partial charge < -0.3 is 9.47 Å². The Bertz CT molecular complexity index is 572. The Hall–Kier alpha value is -1.88. The largest absolute Gasteiger partial charge is 0.465 e. The SMILES string of the molecule is COC(=O)c1cccnc1Oc1cccc(Br)c1. The average molecular weight is 308 g/mol. The van der Waals surface area contributed by atoms with Crippen molar-refractivity contribution in [2.24, 2.45) is 0 Å². The normalized spacial score (nSPS) is 9.89. The number of hydrogen-bond acceptors (Lipinski definition) is 4. The van der Waals surface area contributed by atoms with E-state index in [0.29, 0.717) is 11.3 Å². The zero-order valence-corrected chi connectivity index (χ0v) is 11.2. The second kappa shape index (κ2) is 5.64. The van der Waals surface area contributed by atoms with Gasteiger partial charge in [0.15, 0.2) is 0 Å². The highest BCUT2D eigenvalue weighted by atomic mass is 79.9.